The molecule has 0 amide bonds. The van der Waals surface area contributed by atoms with Crippen molar-refractivity contribution in [3.8, 4) is 0 Å². The second-order valence-corrected chi connectivity index (χ2v) is 6.05. The summed E-state index contributed by atoms with van der Waals surface area (Å²) in [6, 6.07) is 0. The number of thiophene rings is 1. The maximum absolute atomic E-state index is 12.5. The van der Waals surface area contributed by atoms with E-state index in [0.29, 0.717) is 12.2 Å². The number of nitrogens with zero attached hydrogens (tertiary/aromatic N) is 4. The lowest BCUT2D eigenvalue weighted by molar-refractivity contribution is 0.753. The van der Waals surface area contributed by atoms with Gasteiger partial charge in [-0.05, 0) is 38.7 Å². The van der Waals surface area contributed by atoms with Gasteiger partial charge in [-0.3, -0.25) is 9.20 Å². The first-order chi connectivity index (χ1) is 9.22. The highest BCUT2D eigenvalue weighted by atomic mass is 32.1. The zero-order valence-electron chi connectivity index (χ0n) is 10.9. The highest BCUT2D eigenvalue weighted by molar-refractivity contribution is 7.18. The summed E-state index contributed by atoms with van der Waals surface area (Å²) >= 11 is 1.80. The molecule has 0 aromatic carbocycles. The molecular weight excluding hydrogens is 260 g/mol. The average Bonchev–Trinajstić information content (AvgIpc) is 3.04. The van der Waals surface area contributed by atoms with E-state index < -0.39 is 0 Å². The molecule has 0 fully saturated rings. The lowest BCUT2D eigenvalue weighted by Gasteiger charge is -2.08. The van der Waals surface area contributed by atoms with Crippen molar-refractivity contribution in [2.75, 3.05) is 0 Å². The fourth-order valence-electron chi connectivity index (χ4n) is 3.07. The van der Waals surface area contributed by atoms with E-state index in [-0.39, 0.29) is 5.56 Å². The maximum Gasteiger partial charge on any atom is 0.296 e. The molecule has 0 saturated carbocycles. The van der Waals surface area contributed by atoms with Crippen LogP contribution in [0.15, 0.2) is 4.79 Å². The molecule has 1 aliphatic carbocycles. The molecule has 5 nitrogen and oxygen atoms in total. The summed E-state index contributed by atoms with van der Waals surface area (Å²) in [7, 11) is 0. The second-order valence-electron chi connectivity index (χ2n) is 4.97. The van der Waals surface area contributed by atoms with Crippen LogP contribution in [-0.4, -0.2) is 19.2 Å². The fraction of sp³-hybridized carbons (Fsp3) is 0.462. The van der Waals surface area contributed by atoms with E-state index in [2.05, 4.69) is 10.2 Å². The molecule has 4 rings (SSSR count). The quantitative estimate of drug-likeness (QED) is 0.681. The number of hydrogen-bond donors (Lipinski definition) is 0. The van der Waals surface area contributed by atoms with Crippen molar-refractivity contribution >= 4 is 27.3 Å². The van der Waals surface area contributed by atoms with Crippen LogP contribution in [0.2, 0.25) is 0 Å². The Bertz CT molecular complexity index is 870. The van der Waals surface area contributed by atoms with Crippen LogP contribution in [0.1, 0.15) is 29.6 Å². The minimum atomic E-state index is -0.0249. The van der Waals surface area contributed by atoms with Crippen LogP contribution >= 0.6 is 11.3 Å². The zero-order valence-corrected chi connectivity index (χ0v) is 11.8. The molecule has 3 heterocycles. The van der Waals surface area contributed by atoms with Crippen molar-refractivity contribution in [3.63, 3.8) is 0 Å². The molecule has 0 atom stereocenters. The topological polar surface area (TPSA) is 52.2 Å². The molecule has 19 heavy (non-hydrogen) atoms. The van der Waals surface area contributed by atoms with Gasteiger partial charge in [-0.25, -0.2) is 0 Å². The van der Waals surface area contributed by atoms with Crippen LogP contribution in [0.25, 0.3) is 16.0 Å². The first-order valence-corrected chi connectivity index (χ1v) is 7.42. The van der Waals surface area contributed by atoms with Gasteiger partial charge in [0.2, 0.25) is 5.65 Å². The molecule has 6 heteroatoms. The van der Waals surface area contributed by atoms with Gasteiger partial charge in [-0.15, -0.1) is 21.5 Å². The minimum Gasteiger partial charge on any atom is -0.303 e. The van der Waals surface area contributed by atoms with Crippen molar-refractivity contribution in [1.29, 1.82) is 0 Å². The summed E-state index contributed by atoms with van der Waals surface area (Å²) in [6.07, 6.45) is 3.42. The van der Waals surface area contributed by atoms with E-state index in [9.17, 15) is 4.79 Å². The Kier molecular flexibility index (Phi) is 2.15. The molecule has 1 aliphatic rings. The maximum atomic E-state index is 12.5. The number of fused-ring (bicyclic) bond motifs is 5. The summed E-state index contributed by atoms with van der Waals surface area (Å²) in [4.78, 5) is 15.1. The molecule has 0 spiro atoms. The third-order valence-electron chi connectivity index (χ3n) is 3.93. The highest BCUT2D eigenvalue weighted by Gasteiger charge is 2.24. The molecule has 0 aliphatic heterocycles. The third kappa shape index (κ3) is 1.27. The van der Waals surface area contributed by atoms with Crippen LogP contribution in [0.3, 0.4) is 0 Å². The van der Waals surface area contributed by atoms with Crippen molar-refractivity contribution in [3.05, 3.63) is 26.6 Å². The monoisotopic (exact) mass is 274 g/mol. The molecule has 0 bridgehead atoms. The summed E-state index contributed by atoms with van der Waals surface area (Å²) in [5.74, 6) is 0.792. The van der Waals surface area contributed by atoms with E-state index in [0.717, 1.165) is 29.0 Å². The first-order valence-electron chi connectivity index (χ1n) is 6.61. The summed E-state index contributed by atoms with van der Waals surface area (Å²) in [5.41, 5.74) is 2.91. The number of hydrogen-bond acceptors (Lipinski definition) is 4. The molecular formula is C13H14N4OS. The molecule has 0 unspecified atom stereocenters. The first kappa shape index (κ1) is 11.2. The Hall–Kier alpha value is -1.69. The molecule has 0 N–H and O–H groups in total. The number of aryl methyl sites for hydroxylation is 4. The Morgan fingerprint density at radius 2 is 2.16 bits per heavy atom. The van der Waals surface area contributed by atoms with Gasteiger partial charge in [-0.1, -0.05) is 0 Å². The normalized spacial score (nSPS) is 14.6. The van der Waals surface area contributed by atoms with Crippen molar-refractivity contribution in [2.45, 2.75) is 39.7 Å². The number of aromatic nitrogens is 4. The second kappa shape index (κ2) is 3.66. The van der Waals surface area contributed by atoms with Crippen LogP contribution in [-0.2, 0) is 19.4 Å². The molecule has 3 aromatic rings. The Morgan fingerprint density at radius 1 is 1.32 bits per heavy atom. The van der Waals surface area contributed by atoms with Gasteiger partial charge in [0.05, 0.1) is 5.52 Å². The highest BCUT2D eigenvalue weighted by Crippen LogP contribution is 2.37. The third-order valence-corrected chi connectivity index (χ3v) is 5.19. The summed E-state index contributed by atoms with van der Waals surface area (Å²) in [6.45, 7) is 4.60. The predicted octanol–water partition coefficient (Wildman–Crippen LogP) is 1.92. The van der Waals surface area contributed by atoms with E-state index in [1.165, 1.54) is 16.9 Å². The Labute approximate surface area is 113 Å². The van der Waals surface area contributed by atoms with E-state index in [1.807, 2.05) is 22.8 Å². The van der Waals surface area contributed by atoms with E-state index in [1.54, 1.807) is 11.3 Å². The van der Waals surface area contributed by atoms with Crippen molar-refractivity contribution < 1.29 is 0 Å². The molecule has 0 saturated heterocycles. The molecule has 98 valence electrons. The van der Waals surface area contributed by atoms with E-state index >= 15 is 0 Å². The van der Waals surface area contributed by atoms with Gasteiger partial charge in [0.15, 0.2) is 0 Å². The lowest BCUT2D eigenvalue weighted by Crippen LogP contribution is -2.22. The molecule has 0 radical (unpaired) electrons. The molecule has 3 aromatic heterocycles. The summed E-state index contributed by atoms with van der Waals surface area (Å²) in [5, 5.41) is 8.12. The minimum absolute atomic E-state index is 0.0249. The predicted molar refractivity (Wildman–Crippen MR) is 75.1 cm³/mol. The standard InChI is InChI=1S/C13H14N4OS/c1-3-16-10-8-5-4-6-9(8)19-13(10)17-7(2)14-15-11(17)12(16)18/h3-6H2,1-2H3. The van der Waals surface area contributed by atoms with Crippen LogP contribution in [0, 0.1) is 6.92 Å². The van der Waals surface area contributed by atoms with Gasteiger partial charge < -0.3 is 4.57 Å². The van der Waals surface area contributed by atoms with Gasteiger partial charge >= 0.3 is 0 Å². The van der Waals surface area contributed by atoms with Crippen LogP contribution in [0.5, 0.6) is 0 Å². The fourth-order valence-corrected chi connectivity index (χ4v) is 4.51. The summed E-state index contributed by atoms with van der Waals surface area (Å²) < 4.78 is 3.78. The van der Waals surface area contributed by atoms with Gasteiger partial charge in [-0.2, -0.15) is 0 Å². The Morgan fingerprint density at radius 3 is 2.95 bits per heavy atom. The van der Waals surface area contributed by atoms with Gasteiger partial charge in [0.1, 0.15) is 10.7 Å². The smallest absolute Gasteiger partial charge is 0.296 e. The average molecular weight is 274 g/mol. The van der Waals surface area contributed by atoms with E-state index in [4.69, 9.17) is 0 Å². The number of rotatable bonds is 1. The lowest BCUT2D eigenvalue weighted by atomic mass is 10.2. The van der Waals surface area contributed by atoms with Crippen LogP contribution < -0.4 is 5.56 Å². The SMILES string of the molecule is CCn1c(=O)c2nnc(C)n2c2sc3c(c21)CCC3. The van der Waals surface area contributed by atoms with Crippen LogP contribution in [0.4, 0.5) is 0 Å². The van der Waals surface area contributed by atoms with Gasteiger partial charge in [0.25, 0.3) is 5.56 Å². The Balaban J connectivity index is 2.34. The van der Waals surface area contributed by atoms with Crippen molar-refractivity contribution in [1.82, 2.24) is 19.2 Å². The largest absolute Gasteiger partial charge is 0.303 e. The van der Waals surface area contributed by atoms with Crippen molar-refractivity contribution in [2.24, 2.45) is 0 Å². The van der Waals surface area contributed by atoms with Gasteiger partial charge in [0, 0.05) is 11.4 Å². The zero-order chi connectivity index (χ0) is 13.1.